The van der Waals surface area contributed by atoms with Crippen LogP contribution in [0.2, 0.25) is 5.02 Å². The van der Waals surface area contributed by atoms with E-state index in [0.29, 0.717) is 28.1 Å². The Morgan fingerprint density at radius 3 is 2.95 bits per heavy atom. The van der Waals surface area contributed by atoms with Gasteiger partial charge in [-0.25, -0.2) is 0 Å². The van der Waals surface area contributed by atoms with Crippen LogP contribution in [0.3, 0.4) is 0 Å². The lowest BCUT2D eigenvalue weighted by molar-refractivity contribution is -0.137. The molecule has 6 nitrogen and oxygen atoms in total. The molecule has 0 spiro atoms. The fourth-order valence-corrected chi connectivity index (χ4v) is 2.44. The lowest BCUT2D eigenvalue weighted by Gasteiger charge is -2.03. The van der Waals surface area contributed by atoms with Crippen molar-refractivity contribution in [1.29, 1.82) is 0 Å². The molecule has 1 aromatic carbocycles. The minimum Gasteiger partial charge on any atom is -0.480 e. The highest BCUT2D eigenvalue weighted by Crippen LogP contribution is 2.25. The summed E-state index contributed by atoms with van der Waals surface area (Å²) in [5.74, 6) is 0.466. The third-order valence-corrected chi connectivity index (χ3v) is 3.80. The Morgan fingerprint density at radius 2 is 2.25 bits per heavy atom. The summed E-state index contributed by atoms with van der Waals surface area (Å²) < 4.78 is 5.09. The molecule has 0 amide bonds. The van der Waals surface area contributed by atoms with Crippen molar-refractivity contribution in [3.8, 4) is 11.4 Å². The summed E-state index contributed by atoms with van der Waals surface area (Å²) in [7, 11) is 0. The van der Waals surface area contributed by atoms with E-state index in [1.807, 2.05) is 12.1 Å². The topological polar surface area (TPSA) is 102 Å². The van der Waals surface area contributed by atoms with E-state index in [4.69, 9.17) is 27.0 Å². The second kappa shape index (κ2) is 6.74. The number of carbonyl (C=O) groups is 1. The van der Waals surface area contributed by atoms with Crippen molar-refractivity contribution >= 4 is 29.3 Å². The molecule has 20 heavy (non-hydrogen) atoms. The van der Waals surface area contributed by atoms with E-state index in [2.05, 4.69) is 10.1 Å². The second-order valence-corrected chi connectivity index (χ2v) is 5.39. The smallest absolute Gasteiger partial charge is 0.321 e. The zero-order valence-corrected chi connectivity index (χ0v) is 11.9. The third kappa shape index (κ3) is 3.72. The van der Waals surface area contributed by atoms with Crippen molar-refractivity contribution in [2.75, 3.05) is 5.75 Å². The normalized spacial score (nSPS) is 12.3. The van der Waals surface area contributed by atoms with Gasteiger partial charge < -0.3 is 15.4 Å². The van der Waals surface area contributed by atoms with Crippen LogP contribution >= 0.6 is 23.4 Å². The Hall–Kier alpha value is -1.57. The molecule has 0 bridgehead atoms. The van der Waals surface area contributed by atoms with Crippen LogP contribution in [0.15, 0.2) is 28.8 Å². The standard InChI is InChI=1S/C12H12ClN3O3S/c13-8-4-2-1-3-7(8)11-15-10(19-16-11)6-20-5-9(14)12(17)18/h1-4,9H,5-6,14H2,(H,17,18)/t9-/m0/s1. The van der Waals surface area contributed by atoms with E-state index in [9.17, 15) is 4.79 Å². The van der Waals surface area contributed by atoms with Gasteiger partial charge in [0.05, 0.1) is 10.8 Å². The molecule has 106 valence electrons. The van der Waals surface area contributed by atoms with Crippen LogP contribution in [-0.4, -0.2) is 33.0 Å². The molecule has 0 radical (unpaired) electrons. The van der Waals surface area contributed by atoms with Crippen molar-refractivity contribution in [3.05, 3.63) is 35.2 Å². The minimum atomic E-state index is -1.03. The summed E-state index contributed by atoms with van der Waals surface area (Å²) in [6.45, 7) is 0. The second-order valence-electron chi connectivity index (χ2n) is 3.95. The van der Waals surface area contributed by atoms with Gasteiger partial charge in [0.1, 0.15) is 6.04 Å². The lowest BCUT2D eigenvalue weighted by Crippen LogP contribution is -2.32. The van der Waals surface area contributed by atoms with Gasteiger partial charge >= 0.3 is 5.97 Å². The Balaban J connectivity index is 1.96. The Bertz CT molecular complexity index is 605. The number of aliphatic carboxylic acids is 1. The molecule has 0 fully saturated rings. The number of carboxylic acids is 1. The van der Waals surface area contributed by atoms with Crippen LogP contribution in [0, 0.1) is 0 Å². The van der Waals surface area contributed by atoms with Gasteiger partial charge in [-0.1, -0.05) is 28.9 Å². The van der Waals surface area contributed by atoms with E-state index in [-0.39, 0.29) is 5.75 Å². The summed E-state index contributed by atoms with van der Waals surface area (Å²) in [5, 5.41) is 13.0. The summed E-state index contributed by atoms with van der Waals surface area (Å²) >= 11 is 7.36. The number of carboxylic acid groups (broad SMARTS) is 1. The largest absolute Gasteiger partial charge is 0.480 e. The quantitative estimate of drug-likeness (QED) is 0.841. The molecule has 0 aliphatic rings. The number of hydrogen-bond donors (Lipinski definition) is 2. The van der Waals surface area contributed by atoms with Gasteiger partial charge in [0.15, 0.2) is 0 Å². The van der Waals surface area contributed by atoms with Crippen LogP contribution < -0.4 is 5.73 Å². The average molecular weight is 314 g/mol. The summed E-state index contributed by atoms with van der Waals surface area (Å²) in [5.41, 5.74) is 6.08. The molecule has 1 atom stereocenters. The summed E-state index contributed by atoms with van der Waals surface area (Å²) in [6, 6.07) is 6.29. The maximum absolute atomic E-state index is 10.6. The van der Waals surface area contributed by atoms with Crippen LogP contribution in [0.1, 0.15) is 5.89 Å². The molecule has 3 N–H and O–H groups in total. The number of nitrogens with zero attached hydrogens (tertiary/aromatic N) is 2. The number of hydrogen-bond acceptors (Lipinski definition) is 6. The molecule has 1 aromatic heterocycles. The zero-order chi connectivity index (χ0) is 14.5. The Labute approximate surface area is 124 Å². The highest BCUT2D eigenvalue weighted by molar-refractivity contribution is 7.98. The van der Waals surface area contributed by atoms with E-state index in [1.54, 1.807) is 12.1 Å². The SMILES string of the molecule is N[C@@H](CSCc1nc(-c2ccccc2Cl)no1)C(=O)O. The highest BCUT2D eigenvalue weighted by Gasteiger charge is 2.14. The summed E-state index contributed by atoms with van der Waals surface area (Å²) in [6.07, 6.45) is 0. The third-order valence-electron chi connectivity index (χ3n) is 2.42. The van der Waals surface area contributed by atoms with Gasteiger partial charge in [0.25, 0.3) is 0 Å². The van der Waals surface area contributed by atoms with Gasteiger partial charge in [-0.2, -0.15) is 4.98 Å². The van der Waals surface area contributed by atoms with Crippen molar-refractivity contribution in [2.24, 2.45) is 5.73 Å². The number of benzene rings is 1. The number of halogens is 1. The lowest BCUT2D eigenvalue weighted by atomic mass is 10.2. The first kappa shape index (κ1) is 14.8. The van der Waals surface area contributed by atoms with Crippen LogP contribution in [0.25, 0.3) is 11.4 Å². The maximum Gasteiger partial charge on any atom is 0.321 e. The first-order chi connectivity index (χ1) is 9.58. The molecule has 0 aliphatic heterocycles. The van der Waals surface area contributed by atoms with Crippen LogP contribution in [0.4, 0.5) is 0 Å². The van der Waals surface area contributed by atoms with Crippen molar-refractivity contribution < 1.29 is 14.4 Å². The van der Waals surface area contributed by atoms with E-state index in [0.717, 1.165) is 0 Å². The van der Waals surface area contributed by atoms with Crippen molar-refractivity contribution in [1.82, 2.24) is 10.1 Å². The monoisotopic (exact) mass is 313 g/mol. The van der Waals surface area contributed by atoms with E-state index in [1.165, 1.54) is 11.8 Å². The van der Waals surface area contributed by atoms with Gasteiger partial charge in [0.2, 0.25) is 11.7 Å². The minimum absolute atomic E-state index is 0.277. The van der Waals surface area contributed by atoms with Crippen molar-refractivity contribution in [2.45, 2.75) is 11.8 Å². The van der Waals surface area contributed by atoms with Gasteiger partial charge in [-0.15, -0.1) is 11.8 Å². The molecule has 0 unspecified atom stereocenters. The van der Waals surface area contributed by atoms with Crippen LogP contribution in [0.5, 0.6) is 0 Å². The summed E-state index contributed by atoms with van der Waals surface area (Å²) in [4.78, 5) is 14.8. The molecule has 8 heteroatoms. The number of nitrogens with two attached hydrogens (primary N) is 1. The number of thioether (sulfide) groups is 1. The zero-order valence-electron chi connectivity index (χ0n) is 10.3. The Morgan fingerprint density at radius 1 is 1.50 bits per heavy atom. The van der Waals surface area contributed by atoms with Crippen LogP contribution in [-0.2, 0) is 10.5 Å². The van der Waals surface area contributed by atoms with E-state index < -0.39 is 12.0 Å². The van der Waals surface area contributed by atoms with E-state index >= 15 is 0 Å². The fourth-order valence-electron chi connectivity index (χ4n) is 1.41. The Kier molecular flexibility index (Phi) is 4.99. The van der Waals surface area contributed by atoms with Gasteiger partial charge in [0, 0.05) is 11.3 Å². The molecular weight excluding hydrogens is 302 g/mol. The number of rotatable bonds is 6. The predicted molar refractivity (Wildman–Crippen MR) is 76.5 cm³/mol. The van der Waals surface area contributed by atoms with Gasteiger partial charge in [-0.3, -0.25) is 4.79 Å². The average Bonchev–Trinajstić information content (AvgIpc) is 2.87. The fraction of sp³-hybridized carbons (Fsp3) is 0.250. The number of aromatic nitrogens is 2. The highest BCUT2D eigenvalue weighted by atomic mass is 35.5. The predicted octanol–water partition coefficient (Wildman–Crippen LogP) is 2.04. The molecule has 0 aliphatic carbocycles. The first-order valence-electron chi connectivity index (χ1n) is 5.71. The molecule has 0 saturated heterocycles. The molecule has 2 rings (SSSR count). The molecule has 1 heterocycles. The van der Waals surface area contributed by atoms with Crippen molar-refractivity contribution in [3.63, 3.8) is 0 Å². The first-order valence-corrected chi connectivity index (χ1v) is 7.25. The molecule has 0 saturated carbocycles. The maximum atomic E-state index is 10.6. The molecule has 2 aromatic rings. The van der Waals surface area contributed by atoms with Gasteiger partial charge in [-0.05, 0) is 12.1 Å². The molecular formula is C12H12ClN3O3S.